The lowest BCUT2D eigenvalue weighted by molar-refractivity contribution is 0.249. The lowest BCUT2D eigenvalue weighted by atomic mass is 10.1. The van der Waals surface area contributed by atoms with Crippen LogP contribution in [0, 0.1) is 12.8 Å². The number of hydrogen-bond donors (Lipinski definition) is 3. The van der Waals surface area contributed by atoms with Crippen molar-refractivity contribution in [1.29, 1.82) is 0 Å². The Labute approximate surface area is 115 Å². The zero-order valence-electron chi connectivity index (χ0n) is 12.6. The standard InChI is InChI=1S/C14H26N4O/c1-6-7-12-17-13(15-5)10(4)14(18-12)16-11(8-19)9(2)3/h9,11,19H,6-8H2,1-5H3,(H2,15,16,17,18). The van der Waals surface area contributed by atoms with Crippen molar-refractivity contribution >= 4 is 11.6 Å². The molecule has 5 nitrogen and oxygen atoms in total. The van der Waals surface area contributed by atoms with Crippen LogP contribution in [0.5, 0.6) is 0 Å². The van der Waals surface area contributed by atoms with Crippen molar-refractivity contribution < 1.29 is 5.11 Å². The molecule has 0 saturated carbocycles. The zero-order chi connectivity index (χ0) is 14.4. The number of nitrogens with zero attached hydrogens (tertiary/aromatic N) is 2. The van der Waals surface area contributed by atoms with Gasteiger partial charge in [0.2, 0.25) is 0 Å². The molecule has 0 amide bonds. The Morgan fingerprint density at radius 1 is 1.21 bits per heavy atom. The van der Waals surface area contributed by atoms with Crippen LogP contribution < -0.4 is 10.6 Å². The normalized spacial score (nSPS) is 12.6. The number of aryl methyl sites for hydroxylation is 1. The zero-order valence-corrected chi connectivity index (χ0v) is 12.6. The summed E-state index contributed by atoms with van der Waals surface area (Å²) in [7, 11) is 1.86. The summed E-state index contributed by atoms with van der Waals surface area (Å²) < 4.78 is 0. The van der Waals surface area contributed by atoms with Crippen molar-refractivity contribution in [2.24, 2.45) is 5.92 Å². The van der Waals surface area contributed by atoms with Crippen LogP contribution in [0.3, 0.4) is 0 Å². The first-order chi connectivity index (χ1) is 9.03. The summed E-state index contributed by atoms with van der Waals surface area (Å²) in [4.78, 5) is 9.06. The summed E-state index contributed by atoms with van der Waals surface area (Å²) in [6, 6.07) is 0.00721. The van der Waals surface area contributed by atoms with E-state index >= 15 is 0 Å². The third kappa shape index (κ3) is 4.06. The van der Waals surface area contributed by atoms with E-state index in [1.807, 2.05) is 14.0 Å². The van der Waals surface area contributed by atoms with Gasteiger partial charge in [-0.15, -0.1) is 0 Å². The van der Waals surface area contributed by atoms with Gasteiger partial charge in [0.25, 0.3) is 0 Å². The minimum absolute atomic E-state index is 0.00721. The molecule has 0 fully saturated rings. The summed E-state index contributed by atoms with van der Waals surface area (Å²) in [5, 5.41) is 15.9. The number of nitrogens with one attached hydrogen (secondary N) is 2. The third-order valence-corrected chi connectivity index (χ3v) is 3.23. The molecule has 19 heavy (non-hydrogen) atoms. The molecule has 1 aromatic heterocycles. The highest BCUT2D eigenvalue weighted by molar-refractivity contribution is 5.57. The Morgan fingerprint density at radius 3 is 2.32 bits per heavy atom. The fourth-order valence-electron chi connectivity index (χ4n) is 1.88. The van der Waals surface area contributed by atoms with E-state index in [0.717, 1.165) is 35.9 Å². The molecule has 1 aromatic rings. The first kappa shape index (κ1) is 15.7. The highest BCUT2D eigenvalue weighted by Crippen LogP contribution is 2.22. The van der Waals surface area contributed by atoms with Crippen molar-refractivity contribution in [1.82, 2.24) is 9.97 Å². The van der Waals surface area contributed by atoms with E-state index in [1.54, 1.807) is 0 Å². The van der Waals surface area contributed by atoms with Gasteiger partial charge < -0.3 is 15.7 Å². The highest BCUT2D eigenvalue weighted by atomic mass is 16.3. The van der Waals surface area contributed by atoms with E-state index in [9.17, 15) is 5.11 Å². The maximum absolute atomic E-state index is 9.43. The quantitative estimate of drug-likeness (QED) is 0.706. The minimum Gasteiger partial charge on any atom is -0.394 e. The fourth-order valence-corrected chi connectivity index (χ4v) is 1.88. The fraction of sp³-hybridized carbons (Fsp3) is 0.714. The molecule has 108 valence electrons. The van der Waals surface area contributed by atoms with E-state index in [1.165, 1.54) is 0 Å². The van der Waals surface area contributed by atoms with Crippen LogP contribution in [-0.4, -0.2) is 34.8 Å². The molecule has 0 radical (unpaired) electrons. The molecule has 3 N–H and O–H groups in total. The number of aliphatic hydroxyl groups excluding tert-OH is 1. The van der Waals surface area contributed by atoms with Gasteiger partial charge in [-0.2, -0.15) is 0 Å². The first-order valence-corrected chi connectivity index (χ1v) is 6.96. The molecule has 0 aliphatic rings. The summed E-state index contributed by atoms with van der Waals surface area (Å²) in [6.45, 7) is 8.35. The average molecular weight is 266 g/mol. The highest BCUT2D eigenvalue weighted by Gasteiger charge is 2.16. The number of aliphatic hydroxyl groups is 1. The van der Waals surface area contributed by atoms with Crippen LogP contribution in [0.2, 0.25) is 0 Å². The van der Waals surface area contributed by atoms with Crippen LogP contribution in [0.15, 0.2) is 0 Å². The van der Waals surface area contributed by atoms with E-state index < -0.39 is 0 Å². The van der Waals surface area contributed by atoms with E-state index in [-0.39, 0.29) is 12.6 Å². The van der Waals surface area contributed by atoms with Gasteiger partial charge in [0.1, 0.15) is 17.5 Å². The molecule has 1 unspecified atom stereocenters. The summed E-state index contributed by atoms with van der Waals surface area (Å²) >= 11 is 0. The van der Waals surface area contributed by atoms with Crippen LogP contribution in [0.1, 0.15) is 38.6 Å². The lowest BCUT2D eigenvalue weighted by Gasteiger charge is -2.22. The summed E-state index contributed by atoms with van der Waals surface area (Å²) in [5.41, 5.74) is 0.987. The molecule has 0 aliphatic carbocycles. The van der Waals surface area contributed by atoms with Crippen molar-refractivity contribution in [2.45, 2.75) is 46.6 Å². The molecule has 1 heterocycles. The van der Waals surface area contributed by atoms with E-state index in [0.29, 0.717) is 5.92 Å². The van der Waals surface area contributed by atoms with Gasteiger partial charge in [-0.05, 0) is 19.3 Å². The first-order valence-electron chi connectivity index (χ1n) is 6.96. The van der Waals surface area contributed by atoms with Gasteiger partial charge in [-0.25, -0.2) is 9.97 Å². The van der Waals surface area contributed by atoms with Gasteiger partial charge in [0.05, 0.1) is 12.6 Å². The lowest BCUT2D eigenvalue weighted by Crippen LogP contribution is -2.30. The third-order valence-electron chi connectivity index (χ3n) is 3.23. The minimum atomic E-state index is 0.00721. The molecule has 0 spiro atoms. The number of hydrogen-bond acceptors (Lipinski definition) is 5. The van der Waals surface area contributed by atoms with Crippen LogP contribution in [0.25, 0.3) is 0 Å². The predicted octanol–water partition coefficient (Wildman–Crippen LogP) is 2.21. The second-order valence-electron chi connectivity index (χ2n) is 5.14. The van der Waals surface area contributed by atoms with Crippen LogP contribution >= 0.6 is 0 Å². The Hall–Kier alpha value is -1.36. The monoisotopic (exact) mass is 266 g/mol. The molecular formula is C14H26N4O. The molecule has 0 bridgehead atoms. The van der Waals surface area contributed by atoms with E-state index in [4.69, 9.17) is 0 Å². The molecule has 1 rings (SSSR count). The number of rotatable bonds is 7. The van der Waals surface area contributed by atoms with Crippen molar-refractivity contribution in [3.8, 4) is 0 Å². The second-order valence-corrected chi connectivity index (χ2v) is 5.14. The summed E-state index contributed by atoms with van der Waals surface area (Å²) in [5.74, 6) is 2.84. The molecule has 0 aliphatic heterocycles. The SMILES string of the molecule is CCCc1nc(NC)c(C)c(NC(CO)C(C)C)n1. The Morgan fingerprint density at radius 2 is 1.84 bits per heavy atom. The van der Waals surface area contributed by atoms with Gasteiger partial charge in [-0.3, -0.25) is 0 Å². The molecule has 0 saturated heterocycles. The summed E-state index contributed by atoms with van der Waals surface area (Å²) in [6.07, 6.45) is 1.87. The number of anilines is 2. The van der Waals surface area contributed by atoms with Gasteiger partial charge in [0, 0.05) is 19.0 Å². The Bertz CT molecular complexity index is 407. The molecule has 5 heteroatoms. The van der Waals surface area contributed by atoms with Crippen LogP contribution in [-0.2, 0) is 6.42 Å². The van der Waals surface area contributed by atoms with Crippen molar-refractivity contribution in [3.63, 3.8) is 0 Å². The van der Waals surface area contributed by atoms with Crippen molar-refractivity contribution in [2.75, 3.05) is 24.3 Å². The van der Waals surface area contributed by atoms with Crippen molar-refractivity contribution in [3.05, 3.63) is 11.4 Å². The second kappa shape index (κ2) is 7.28. The molecule has 0 aromatic carbocycles. The Balaban J connectivity index is 3.06. The van der Waals surface area contributed by atoms with E-state index in [2.05, 4.69) is 41.4 Å². The largest absolute Gasteiger partial charge is 0.394 e. The molecular weight excluding hydrogens is 240 g/mol. The van der Waals surface area contributed by atoms with Gasteiger partial charge in [0.15, 0.2) is 0 Å². The maximum atomic E-state index is 9.43. The maximum Gasteiger partial charge on any atom is 0.135 e. The molecule has 1 atom stereocenters. The van der Waals surface area contributed by atoms with Gasteiger partial charge >= 0.3 is 0 Å². The average Bonchev–Trinajstić information content (AvgIpc) is 2.38. The topological polar surface area (TPSA) is 70.1 Å². The van der Waals surface area contributed by atoms with Gasteiger partial charge in [-0.1, -0.05) is 20.8 Å². The smallest absolute Gasteiger partial charge is 0.135 e. The number of aromatic nitrogens is 2. The predicted molar refractivity (Wildman–Crippen MR) is 79.6 cm³/mol. The van der Waals surface area contributed by atoms with Crippen LogP contribution in [0.4, 0.5) is 11.6 Å². The Kier molecular flexibility index (Phi) is 6.02.